The van der Waals surface area contributed by atoms with Gasteiger partial charge in [-0.05, 0) is 44.9 Å². The van der Waals surface area contributed by atoms with Crippen molar-refractivity contribution in [1.82, 2.24) is 15.1 Å². The Labute approximate surface area is 128 Å². The summed E-state index contributed by atoms with van der Waals surface area (Å²) < 4.78 is 6.07. The molecule has 0 aromatic carbocycles. The van der Waals surface area contributed by atoms with E-state index >= 15 is 0 Å². The van der Waals surface area contributed by atoms with Gasteiger partial charge in [0.1, 0.15) is 11.5 Å². The molecule has 1 saturated carbocycles. The molecule has 2 aliphatic rings. The van der Waals surface area contributed by atoms with Crippen LogP contribution in [0.15, 0.2) is 10.5 Å². The van der Waals surface area contributed by atoms with E-state index in [2.05, 4.69) is 42.0 Å². The van der Waals surface area contributed by atoms with E-state index in [9.17, 15) is 0 Å². The Bertz CT molecular complexity index is 467. The molecule has 1 aliphatic carbocycles. The minimum atomic E-state index is 0.649. The fraction of sp³-hybridized carbons (Fsp3) is 0.765. The zero-order valence-corrected chi connectivity index (χ0v) is 13.7. The number of hydrogen-bond acceptors (Lipinski definition) is 4. The lowest BCUT2D eigenvalue weighted by Crippen LogP contribution is -2.51. The largest absolute Gasteiger partial charge is 0.463 e. The number of piperazine rings is 1. The van der Waals surface area contributed by atoms with Gasteiger partial charge in [-0.1, -0.05) is 6.92 Å². The third-order valence-electron chi connectivity index (χ3n) is 4.84. The SMILES string of the molecule is CCN1CCN(Cc2cc(C)c(CNC3CC3)o2)CC1C. The van der Waals surface area contributed by atoms with Crippen LogP contribution in [0.5, 0.6) is 0 Å². The van der Waals surface area contributed by atoms with Crippen LogP contribution < -0.4 is 5.32 Å². The number of nitrogens with zero attached hydrogens (tertiary/aromatic N) is 2. The van der Waals surface area contributed by atoms with Crippen molar-refractivity contribution in [2.45, 2.75) is 58.8 Å². The second-order valence-electron chi connectivity index (χ2n) is 6.69. The van der Waals surface area contributed by atoms with Crippen LogP contribution >= 0.6 is 0 Å². The number of nitrogens with one attached hydrogen (secondary N) is 1. The molecule has 2 heterocycles. The second-order valence-corrected chi connectivity index (χ2v) is 6.69. The molecular weight excluding hydrogens is 262 g/mol. The van der Waals surface area contributed by atoms with Crippen LogP contribution in [0.1, 0.15) is 43.8 Å². The average molecular weight is 291 g/mol. The number of aryl methyl sites for hydroxylation is 1. The van der Waals surface area contributed by atoms with Crippen LogP contribution in [0.4, 0.5) is 0 Å². The van der Waals surface area contributed by atoms with E-state index in [-0.39, 0.29) is 0 Å². The Balaban J connectivity index is 1.53. The number of furan rings is 1. The van der Waals surface area contributed by atoms with Gasteiger partial charge in [0.05, 0.1) is 13.1 Å². The third-order valence-corrected chi connectivity index (χ3v) is 4.84. The van der Waals surface area contributed by atoms with Crippen molar-refractivity contribution in [3.63, 3.8) is 0 Å². The van der Waals surface area contributed by atoms with Gasteiger partial charge in [0, 0.05) is 31.7 Å². The van der Waals surface area contributed by atoms with Crippen LogP contribution in [-0.2, 0) is 13.1 Å². The van der Waals surface area contributed by atoms with Gasteiger partial charge < -0.3 is 9.73 Å². The maximum Gasteiger partial charge on any atom is 0.120 e. The van der Waals surface area contributed by atoms with Crippen LogP contribution in [-0.4, -0.2) is 48.1 Å². The lowest BCUT2D eigenvalue weighted by atomic mass is 10.2. The molecule has 118 valence electrons. The highest BCUT2D eigenvalue weighted by atomic mass is 16.3. The van der Waals surface area contributed by atoms with E-state index in [0.717, 1.165) is 50.3 Å². The maximum absolute atomic E-state index is 6.07. The first kappa shape index (κ1) is 15.1. The fourth-order valence-electron chi connectivity index (χ4n) is 3.27. The minimum absolute atomic E-state index is 0.649. The van der Waals surface area contributed by atoms with Crippen molar-refractivity contribution in [2.75, 3.05) is 26.2 Å². The van der Waals surface area contributed by atoms with Gasteiger partial charge in [0.25, 0.3) is 0 Å². The van der Waals surface area contributed by atoms with Crippen molar-refractivity contribution in [1.29, 1.82) is 0 Å². The quantitative estimate of drug-likeness (QED) is 0.872. The van der Waals surface area contributed by atoms with Crippen molar-refractivity contribution in [2.24, 2.45) is 0 Å². The van der Waals surface area contributed by atoms with Crippen molar-refractivity contribution < 1.29 is 4.42 Å². The molecule has 21 heavy (non-hydrogen) atoms. The van der Waals surface area contributed by atoms with Crippen LogP contribution in [0.2, 0.25) is 0 Å². The highest BCUT2D eigenvalue weighted by molar-refractivity contribution is 5.20. The molecule has 4 nitrogen and oxygen atoms in total. The molecule has 1 saturated heterocycles. The molecule has 3 rings (SSSR count). The van der Waals surface area contributed by atoms with Crippen molar-refractivity contribution in [3.8, 4) is 0 Å². The van der Waals surface area contributed by atoms with Gasteiger partial charge in [-0.15, -0.1) is 0 Å². The number of likely N-dealkylation sites (N-methyl/N-ethyl adjacent to an activating group) is 1. The minimum Gasteiger partial charge on any atom is -0.463 e. The lowest BCUT2D eigenvalue weighted by Gasteiger charge is -2.38. The van der Waals surface area contributed by atoms with Crippen LogP contribution in [0, 0.1) is 6.92 Å². The first-order chi connectivity index (χ1) is 10.2. The highest BCUT2D eigenvalue weighted by Crippen LogP contribution is 2.22. The summed E-state index contributed by atoms with van der Waals surface area (Å²) in [6.45, 7) is 13.2. The molecule has 4 heteroatoms. The topological polar surface area (TPSA) is 31.6 Å². The Kier molecular flexibility index (Phi) is 4.67. The normalized spacial score (nSPS) is 24.6. The monoisotopic (exact) mass is 291 g/mol. The molecule has 0 amide bonds. The molecule has 1 aromatic rings. The summed E-state index contributed by atoms with van der Waals surface area (Å²) in [5, 5.41) is 3.54. The van der Waals surface area contributed by atoms with Crippen molar-refractivity contribution in [3.05, 3.63) is 23.2 Å². The summed E-state index contributed by atoms with van der Waals surface area (Å²) in [4.78, 5) is 5.07. The zero-order valence-electron chi connectivity index (χ0n) is 13.7. The van der Waals surface area contributed by atoms with Crippen molar-refractivity contribution >= 4 is 0 Å². The summed E-state index contributed by atoms with van der Waals surface area (Å²) in [6, 6.07) is 3.61. The van der Waals surface area contributed by atoms with Gasteiger partial charge in [-0.25, -0.2) is 0 Å². The molecule has 1 N–H and O–H groups in total. The Morgan fingerprint density at radius 2 is 2.14 bits per heavy atom. The van der Waals surface area contributed by atoms with Crippen LogP contribution in [0.25, 0.3) is 0 Å². The van der Waals surface area contributed by atoms with E-state index in [1.54, 1.807) is 0 Å². The van der Waals surface area contributed by atoms with E-state index in [4.69, 9.17) is 4.42 Å². The van der Waals surface area contributed by atoms with Gasteiger partial charge in [0.15, 0.2) is 0 Å². The standard InChI is InChI=1S/C17H29N3O/c1-4-20-8-7-19(11-14(20)3)12-16-9-13(2)17(21-16)10-18-15-5-6-15/h9,14-15,18H,4-8,10-12H2,1-3H3. The average Bonchev–Trinajstić information content (AvgIpc) is 3.21. The summed E-state index contributed by atoms with van der Waals surface area (Å²) in [7, 11) is 0. The Morgan fingerprint density at radius 3 is 2.81 bits per heavy atom. The molecular formula is C17H29N3O. The summed E-state index contributed by atoms with van der Waals surface area (Å²) in [5.41, 5.74) is 1.29. The second kappa shape index (κ2) is 6.51. The summed E-state index contributed by atoms with van der Waals surface area (Å²) >= 11 is 0. The predicted molar refractivity (Wildman–Crippen MR) is 85.3 cm³/mol. The molecule has 0 spiro atoms. The van der Waals surface area contributed by atoms with E-state index in [1.165, 1.54) is 24.9 Å². The molecule has 1 aromatic heterocycles. The van der Waals surface area contributed by atoms with Gasteiger partial charge in [0.2, 0.25) is 0 Å². The van der Waals surface area contributed by atoms with Crippen LogP contribution in [0.3, 0.4) is 0 Å². The van der Waals surface area contributed by atoms with E-state index < -0.39 is 0 Å². The fourth-order valence-corrected chi connectivity index (χ4v) is 3.27. The Hall–Kier alpha value is -0.840. The first-order valence-corrected chi connectivity index (χ1v) is 8.43. The first-order valence-electron chi connectivity index (χ1n) is 8.43. The molecule has 1 aliphatic heterocycles. The maximum atomic E-state index is 6.07. The lowest BCUT2D eigenvalue weighted by molar-refractivity contribution is 0.0786. The molecule has 1 atom stereocenters. The Morgan fingerprint density at radius 1 is 1.33 bits per heavy atom. The predicted octanol–water partition coefficient (Wildman–Crippen LogP) is 2.37. The molecule has 2 fully saturated rings. The summed E-state index contributed by atoms with van der Waals surface area (Å²) in [6.07, 6.45) is 2.65. The molecule has 1 unspecified atom stereocenters. The van der Waals surface area contributed by atoms with Gasteiger partial charge in [-0.2, -0.15) is 0 Å². The van der Waals surface area contributed by atoms with Gasteiger partial charge in [-0.3, -0.25) is 9.80 Å². The number of rotatable bonds is 6. The van der Waals surface area contributed by atoms with Gasteiger partial charge >= 0.3 is 0 Å². The zero-order chi connectivity index (χ0) is 14.8. The third kappa shape index (κ3) is 3.87. The number of hydrogen-bond donors (Lipinski definition) is 1. The smallest absolute Gasteiger partial charge is 0.120 e. The summed E-state index contributed by atoms with van der Waals surface area (Å²) in [5.74, 6) is 2.24. The van der Waals surface area contributed by atoms with E-state index in [0.29, 0.717) is 6.04 Å². The molecule has 0 radical (unpaired) electrons. The van der Waals surface area contributed by atoms with E-state index in [1.807, 2.05) is 0 Å². The highest BCUT2D eigenvalue weighted by Gasteiger charge is 2.24. The molecule has 0 bridgehead atoms.